The number of para-hydroxylation sites is 1. The Bertz CT molecular complexity index is 1780. The van der Waals surface area contributed by atoms with E-state index in [-0.39, 0.29) is 0 Å². The summed E-state index contributed by atoms with van der Waals surface area (Å²) < 4.78 is 27.1. The van der Waals surface area contributed by atoms with Crippen LogP contribution < -0.4 is 9.80 Å². The number of benzene rings is 6. The Morgan fingerprint density at radius 1 is 0.405 bits per heavy atom. The van der Waals surface area contributed by atoms with E-state index >= 15 is 0 Å². The zero-order chi connectivity index (χ0) is 29.1. The highest BCUT2D eigenvalue weighted by molar-refractivity contribution is 5.80. The van der Waals surface area contributed by atoms with Crippen molar-refractivity contribution in [2.45, 2.75) is 6.92 Å². The fourth-order valence-corrected chi connectivity index (χ4v) is 5.10. The first-order chi connectivity index (χ1) is 20.5. The van der Waals surface area contributed by atoms with Crippen LogP contribution >= 0.6 is 0 Å². The highest BCUT2D eigenvalue weighted by atomic mass is 19.2. The molecule has 2 nitrogen and oxygen atoms in total. The lowest BCUT2D eigenvalue weighted by molar-refractivity contribution is 0.509. The van der Waals surface area contributed by atoms with E-state index in [0.717, 1.165) is 39.9 Å². The fourth-order valence-electron chi connectivity index (χ4n) is 5.10. The first-order valence-electron chi connectivity index (χ1n) is 13.9. The van der Waals surface area contributed by atoms with Gasteiger partial charge in [0.05, 0.1) is 0 Å². The van der Waals surface area contributed by atoms with Gasteiger partial charge in [0, 0.05) is 41.6 Å². The Kier molecular flexibility index (Phi) is 7.52. The lowest BCUT2D eigenvalue weighted by Gasteiger charge is -2.26. The molecule has 0 aliphatic rings. The summed E-state index contributed by atoms with van der Waals surface area (Å²) >= 11 is 0. The van der Waals surface area contributed by atoms with Crippen LogP contribution in [0.1, 0.15) is 5.56 Å². The Morgan fingerprint density at radius 3 is 1.29 bits per heavy atom. The molecule has 0 bridgehead atoms. The second-order valence-corrected chi connectivity index (χ2v) is 10.3. The molecule has 42 heavy (non-hydrogen) atoms. The Balaban J connectivity index is 1.26. The van der Waals surface area contributed by atoms with Crippen molar-refractivity contribution in [1.29, 1.82) is 0 Å². The van der Waals surface area contributed by atoms with Gasteiger partial charge >= 0.3 is 0 Å². The van der Waals surface area contributed by atoms with E-state index in [4.69, 9.17) is 0 Å². The number of halogens is 2. The largest absolute Gasteiger partial charge is 0.345 e. The van der Waals surface area contributed by atoms with Crippen molar-refractivity contribution in [3.63, 3.8) is 0 Å². The van der Waals surface area contributed by atoms with Gasteiger partial charge < -0.3 is 9.80 Å². The smallest absolute Gasteiger partial charge is 0.160 e. The zero-order valence-corrected chi connectivity index (χ0v) is 23.5. The molecule has 0 unspecified atom stereocenters. The molecule has 0 aliphatic heterocycles. The summed E-state index contributed by atoms with van der Waals surface area (Å²) in [6, 6.07) is 48.1. The lowest BCUT2D eigenvalue weighted by Crippen LogP contribution is -2.10. The van der Waals surface area contributed by atoms with Crippen molar-refractivity contribution < 1.29 is 8.78 Å². The second-order valence-electron chi connectivity index (χ2n) is 10.3. The molecule has 0 heterocycles. The minimum atomic E-state index is -0.859. The molecule has 0 saturated carbocycles. The van der Waals surface area contributed by atoms with Crippen LogP contribution in [0.15, 0.2) is 146 Å². The normalized spacial score (nSPS) is 10.9. The summed E-state index contributed by atoms with van der Waals surface area (Å²) in [5.74, 6) is -1.71. The van der Waals surface area contributed by atoms with Gasteiger partial charge in [-0.25, -0.2) is 8.78 Å². The molecule has 6 aromatic rings. The van der Waals surface area contributed by atoms with E-state index in [2.05, 4.69) is 109 Å². The average molecular weight is 553 g/mol. The molecule has 0 aromatic heterocycles. The highest BCUT2D eigenvalue weighted by Gasteiger charge is 2.13. The molecule has 0 saturated heterocycles. The van der Waals surface area contributed by atoms with Crippen LogP contribution in [0.4, 0.5) is 37.2 Å². The summed E-state index contributed by atoms with van der Waals surface area (Å²) in [6.07, 6.45) is 0. The van der Waals surface area contributed by atoms with Crippen LogP contribution in [-0.4, -0.2) is 7.05 Å². The molecule has 0 amide bonds. The van der Waals surface area contributed by atoms with Crippen molar-refractivity contribution in [3.8, 4) is 22.3 Å². The third-order valence-electron chi connectivity index (χ3n) is 7.53. The van der Waals surface area contributed by atoms with Gasteiger partial charge in [-0.05, 0) is 89.8 Å². The van der Waals surface area contributed by atoms with Gasteiger partial charge in [-0.2, -0.15) is 0 Å². The van der Waals surface area contributed by atoms with Gasteiger partial charge in [0.15, 0.2) is 11.6 Å². The van der Waals surface area contributed by atoms with Gasteiger partial charge in [0.2, 0.25) is 0 Å². The summed E-state index contributed by atoms with van der Waals surface area (Å²) in [7, 11) is 1.84. The second kappa shape index (κ2) is 11.7. The maximum Gasteiger partial charge on any atom is 0.160 e. The quantitative estimate of drug-likeness (QED) is 0.194. The Hall–Kier alpha value is -5.22. The minimum absolute atomic E-state index is 0.582. The van der Waals surface area contributed by atoms with Crippen LogP contribution in [0.3, 0.4) is 0 Å². The first-order valence-corrected chi connectivity index (χ1v) is 13.9. The molecule has 0 fully saturated rings. The zero-order valence-electron chi connectivity index (χ0n) is 23.5. The molecular formula is C38H30F2N2. The minimum Gasteiger partial charge on any atom is -0.345 e. The van der Waals surface area contributed by atoms with Crippen molar-refractivity contribution in [2.24, 2.45) is 0 Å². The molecule has 0 N–H and O–H groups in total. The van der Waals surface area contributed by atoms with Gasteiger partial charge in [0.25, 0.3) is 0 Å². The molecule has 0 aliphatic carbocycles. The maximum atomic E-state index is 13.7. The van der Waals surface area contributed by atoms with E-state index in [1.165, 1.54) is 22.8 Å². The predicted molar refractivity (Wildman–Crippen MR) is 171 cm³/mol. The average Bonchev–Trinajstić information content (AvgIpc) is 3.04. The number of nitrogens with zero attached hydrogens (tertiary/aromatic N) is 2. The van der Waals surface area contributed by atoms with Crippen LogP contribution in [0.25, 0.3) is 22.3 Å². The van der Waals surface area contributed by atoms with Crippen molar-refractivity contribution in [2.75, 3.05) is 16.8 Å². The molecule has 206 valence electrons. The monoisotopic (exact) mass is 552 g/mol. The molecule has 6 rings (SSSR count). The summed E-state index contributed by atoms with van der Waals surface area (Å²) in [6.45, 7) is 2.10. The van der Waals surface area contributed by atoms with Crippen molar-refractivity contribution in [1.82, 2.24) is 0 Å². The molecule has 6 aromatic carbocycles. The van der Waals surface area contributed by atoms with E-state index < -0.39 is 11.6 Å². The molecule has 0 radical (unpaired) electrons. The number of rotatable bonds is 7. The van der Waals surface area contributed by atoms with Crippen molar-refractivity contribution >= 4 is 28.4 Å². The Labute approximate surface area is 245 Å². The van der Waals surface area contributed by atoms with E-state index in [9.17, 15) is 8.78 Å². The van der Waals surface area contributed by atoms with Crippen LogP contribution in [0.5, 0.6) is 0 Å². The molecule has 0 spiro atoms. The number of aryl methyl sites for hydroxylation is 1. The summed E-state index contributed by atoms with van der Waals surface area (Å²) in [4.78, 5) is 4.08. The summed E-state index contributed by atoms with van der Waals surface area (Å²) in [5.41, 5.74) is 10.5. The first kappa shape index (κ1) is 27.0. The van der Waals surface area contributed by atoms with E-state index in [1.807, 2.05) is 42.3 Å². The maximum absolute atomic E-state index is 13.7. The fraction of sp³-hybridized carbons (Fsp3) is 0.0526. The molecule has 4 heteroatoms. The lowest BCUT2D eigenvalue weighted by atomic mass is 10.0. The topological polar surface area (TPSA) is 6.48 Å². The van der Waals surface area contributed by atoms with Gasteiger partial charge in [-0.1, -0.05) is 84.4 Å². The molecule has 0 atom stereocenters. The van der Waals surface area contributed by atoms with Gasteiger partial charge in [-0.3, -0.25) is 0 Å². The SMILES string of the molecule is Cc1ccc(-c2ccc(N(c3ccccc3)c3ccc(-c4ccc(N(C)c5ccc(F)c(F)c5)cc4)cc3)cc2)cc1. The molecular weight excluding hydrogens is 522 g/mol. The van der Waals surface area contributed by atoms with E-state index in [0.29, 0.717) is 5.69 Å². The summed E-state index contributed by atoms with van der Waals surface area (Å²) in [5, 5.41) is 0. The third kappa shape index (κ3) is 5.65. The van der Waals surface area contributed by atoms with Crippen LogP contribution in [-0.2, 0) is 0 Å². The predicted octanol–water partition coefficient (Wildman–Crippen LogP) is 10.8. The number of hydrogen-bond acceptors (Lipinski definition) is 2. The Morgan fingerprint density at radius 2 is 0.810 bits per heavy atom. The van der Waals surface area contributed by atoms with E-state index in [1.54, 1.807) is 6.07 Å². The number of anilines is 5. The number of hydrogen-bond donors (Lipinski definition) is 0. The highest BCUT2D eigenvalue weighted by Crippen LogP contribution is 2.37. The van der Waals surface area contributed by atoms with Crippen LogP contribution in [0.2, 0.25) is 0 Å². The van der Waals surface area contributed by atoms with Gasteiger partial charge in [-0.15, -0.1) is 0 Å². The third-order valence-corrected chi connectivity index (χ3v) is 7.53. The standard InChI is InChI=1S/C38H30F2N2/c1-27-8-10-28(11-9-27)30-14-20-34(21-15-30)42(33-6-4-3-5-7-33)35-22-16-31(17-23-35)29-12-18-32(19-13-29)41(2)36-24-25-37(39)38(40)26-36/h3-26H,1-2H3. The van der Waals surface area contributed by atoms with Crippen LogP contribution in [0, 0.1) is 18.6 Å². The van der Waals surface area contributed by atoms with Crippen molar-refractivity contribution in [3.05, 3.63) is 163 Å². The van der Waals surface area contributed by atoms with Gasteiger partial charge in [0.1, 0.15) is 0 Å².